The summed E-state index contributed by atoms with van der Waals surface area (Å²) in [5.74, 6) is -2.48. The maximum Gasteiger partial charge on any atom is 0.267 e. The van der Waals surface area contributed by atoms with E-state index in [1.165, 1.54) is 0 Å². The molecule has 0 aliphatic heterocycles. The van der Waals surface area contributed by atoms with E-state index in [2.05, 4.69) is 4.98 Å². The fourth-order valence-corrected chi connectivity index (χ4v) is 0.924. The SMILES string of the molecule is NC(=O)c1c(F)ncc(C(F)F)c1N. The van der Waals surface area contributed by atoms with Gasteiger partial charge in [0.2, 0.25) is 5.95 Å². The number of amides is 1. The molecule has 14 heavy (non-hydrogen) atoms. The van der Waals surface area contributed by atoms with Gasteiger partial charge in [-0.05, 0) is 0 Å². The van der Waals surface area contributed by atoms with Crippen LogP contribution in [0, 0.1) is 5.95 Å². The molecule has 7 heteroatoms. The lowest BCUT2D eigenvalue weighted by atomic mass is 10.1. The highest BCUT2D eigenvalue weighted by Crippen LogP contribution is 2.27. The van der Waals surface area contributed by atoms with Gasteiger partial charge in [0, 0.05) is 6.20 Å². The number of halogens is 3. The van der Waals surface area contributed by atoms with Crippen molar-refractivity contribution in [2.75, 3.05) is 5.73 Å². The van der Waals surface area contributed by atoms with Crippen LogP contribution in [-0.4, -0.2) is 10.9 Å². The van der Waals surface area contributed by atoms with E-state index in [4.69, 9.17) is 11.5 Å². The van der Waals surface area contributed by atoms with Crippen LogP contribution in [0.25, 0.3) is 0 Å². The number of anilines is 1. The minimum absolute atomic E-state index is 0.571. The van der Waals surface area contributed by atoms with Crippen molar-refractivity contribution in [3.63, 3.8) is 0 Å². The first-order valence-corrected chi connectivity index (χ1v) is 3.47. The third-order valence-corrected chi connectivity index (χ3v) is 1.59. The van der Waals surface area contributed by atoms with Gasteiger partial charge in [-0.1, -0.05) is 0 Å². The molecule has 1 amide bonds. The van der Waals surface area contributed by atoms with E-state index in [1.807, 2.05) is 0 Å². The first kappa shape index (κ1) is 10.3. The van der Waals surface area contributed by atoms with E-state index in [0.29, 0.717) is 6.20 Å². The van der Waals surface area contributed by atoms with Gasteiger partial charge in [0.1, 0.15) is 5.56 Å². The molecule has 0 aromatic carbocycles. The molecule has 0 fully saturated rings. The number of nitrogens with zero attached hydrogens (tertiary/aromatic N) is 1. The molecule has 0 atom stereocenters. The summed E-state index contributed by atoms with van der Waals surface area (Å²) in [4.78, 5) is 13.6. The first-order chi connectivity index (χ1) is 6.45. The Balaban J connectivity index is 3.41. The highest BCUT2D eigenvalue weighted by Gasteiger charge is 2.21. The minimum atomic E-state index is -2.93. The van der Waals surface area contributed by atoms with Gasteiger partial charge in [0.05, 0.1) is 11.3 Å². The summed E-state index contributed by atoms with van der Waals surface area (Å²) >= 11 is 0. The van der Waals surface area contributed by atoms with Crippen molar-refractivity contribution in [2.45, 2.75) is 6.43 Å². The molecule has 1 aromatic rings. The van der Waals surface area contributed by atoms with Gasteiger partial charge in [-0.2, -0.15) is 4.39 Å². The molecule has 76 valence electrons. The van der Waals surface area contributed by atoms with Crippen LogP contribution in [0.15, 0.2) is 6.20 Å². The standard InChI is InChI=1S/C7H6F3N3O/c8-5(9)2-1-13-6(10)3(4(2)11)7(12)14/h1,5H,(H2,11,13)(H2,12,14). The van der Waals surface area contributed by atoms with Crippen LogP contribution < -0.4 is 11.5 Å². The number of rotatable bonds is 2. The number of carbonyl (C=O) groups excluding carboxylic acids is 1. The number of carbonyl (C=O) groups is 1. The van der Waals surface area contributed by atoms with Gasteiger partial charge in [-0.15, -0.1) is 0 Å². The van der Waals surface area contributed by atoms with Crippen LogP contribution in [0.3, 0.4) is 0 Å². The van der Waals surface area contributed by atoms with Crippen LogP contribution in [0.4, 0.5) is 18.9 Å². The number of alkyl halides is 2. The number of primary amides is 1. The topological polar surface area (TPSA) is 82.0 Å². The summed E-state index contributed by atoms with van der Waals surface area (Å²) in [6.07, 6.45) is -2.36. The number of nitrogens with two attached hydrogens (primary N) is 2. The van der Waals surface area contributed by atoms with Crippen molar-refractivity contribution in [1.82, 2.24) is 4.98 Å². The van der Waals surface area contributed by atoms with Crippen LogP contribution in [0.5, 0.6) is 0 Å². The van der Waals surface area contributed by atoms with Gasteiger partial charge < -0.3 is 11.5 Å². The molecule has 4 nitrogen and oxygen atoms in total. The summed E-state index contributed by atoms with van der Waals surface area (Å²) in [6, 6.07) is 0. The minimum Gasteiger partial charge on any atom is -0.398 e. The van der Waals surface area contributed by atoms with Crippen molar-refractivity contribution in [2.24, 2.45) is 5.73 Å². The molecular weight excluding hydrogens is 199 g/mol. The maximum absolute atomic E-state index is 12.8. The summed E-state index contributed by atoms with van der Waals surface area (Å²) in [7, 11) is 0. The van der Waals surface area contributed by atoms with Crippen LogP contribution in [-0.2, 0) is 0 Å². The van der Waals surface area contributed by atoms with Crippen LogP contribution in [0.2, 0.25) is 0 Å². The predicted molar refractivity (Wildman–Crippen MR) is 42.1 cm³/mol. The second-order valence-electron chi connectivity index (χ2n) is 2.46. The molecule has 4 N–H and O–H groups in total. The number of hydrogen-bond donors (Lipinski definition) is 2. The van der Waals surface area contributed by atoms with Crippen molar-refractivity contribution in [1.29, 1.82) is 0 Å². The lowest BCUT2D eigenvalue weighted by Crippen LogP contribution is -2.18. The molecule has 0 aliphatic rings. The Bertz CT molecular complexity index is 381. The summed E-state index contributed by atoms with van der Waals surface area (Å²) in [6.45, 7) is 0. The molecule has 0 saturated heterocycles. The molecule has 1 heterocycles. The zero-order valence-electron chi connectivity index (χ0n) is 6.80. The largest absolute Gasteiger partial charge is 0.398 e. The molecule has 1 aromatic heterocycles. The molecule has 0 bridgehead atoms. The lowest BCUT2D eigenvalue weighted by Gasteiger charge is -2.07. The number of pyridine rings is 1. The third-order valence-electron chi connectivity index (χ3n) is 1.59. The van der Waals surface area contributed by atoms with E-state index < -0.39 is 35.1 Å². The normalized spacial score (nSPS) is 10.6. The second-order valence-corrected chi connectivity index (χ2v) is 2.46. The molecular formula is C7H6F3N3O. The van der Waals surface area contributed by atoms with E-state index >= 15 is 0 Å². The molecule has 1 rings (SSSR count). The van der Waals surface area contributed by atoms with E-state index in [9.17, 15) is 18.0 Å². The van der Waals surface area contributed by atoms with Gasteiger partial charge in [0.25, 0.3) is 12.3 Å². The van der Waals surface area contributed by atoms with Gasteiger partial charge >= 0.3 is 0 Å². The number of hydrogen-bond acceptors (Lipinski definition) is 3. The summed E-state index contributed by atoms with van der Waals surface area (Å²) in [5, 5.41) is 0. The highest BCUT2D eigenvalue weighted by molar-refractivity contribution is 5.98. The molecule has 0 unspecified atom stereocenters. The van der Waals surface area contributed by atoms with Crippen molar-refractivity contribution in [3.05, 3.63) is 23.3 Å². The number of aromatic nitrogens is 1. The third kappa shape index (κ3) is 1.61. The monoisotopic (exact) mass is 205 g/mol. The maximum atomic E-state index is 12.8. The fraction of sp³-hybridized carbons (Fsp3) is 0.143. The summed E-state index contributed by atoms with van der Waals surface area (Å²) in [5.41, 5.74) is 7.69. The predicted octanol–water partition coefficient (Wildman–Crippen LogP) is 0.839. The van der Waals surface area contributed by atoms with E-state index in [1.54, 1.807) is 0 Å². The zero-order chi connectivity index (χ0) is 10.9. The Morgan fingerprint density at radius 1 is 1.50 bits per heavy atom. The smallest absolute Gasteiger partial charge is 0.267 e. The van der Waals surface area contributed by atoms with Crippen molar-refractivity contribution < 1.29 is 18.0 Å². The highest BCUT2D eigenvalue weighted by atomic mass is 19.3. The second kappa shape index (κ2) is 3.52. The van der Waals surface area contributed by atoms with Crippen molar-refractivity contribution in [3.8, 4) is 0 Å². The van der Waals surface area contributed by atoms with Crippen LogP contribution >= 0.6 is 0 Å². The Morgan fingerprint density at radius 2 is 2.07 bits per heavy atom. The number of nitrogen functional groups attached to an aromatic ring is 1. The Morgan fingerprint density at radius 3 is 2.50 bits per heavy atom. The van der Waals surface area contributed by atoms with Gasteiger partial charge in [-0.3, -0.25) is 4.79 Å². The fourth-order valence-electron chi connectivity index (χ4n) is 0.924. The van der Waals surface area contributed by atoms with Gasteiger partial charge in [0.15, 0.2) is 0 Å². The zero-order valence-corrected chi connectivity index (χ0v) is 6.80. The average molecular weight is 205 g/mol. The Hall–Kier alpha value is -1.79. The molecule has 0 spiro atoms. The molecule has 0 saturated carbocycles. The molecule has 0 radical (unpaired) electrons. The van der Waals surface area contributed by atoms with E-state index in [0.717, 1.165) is 0 Å². The Labute approximate surface area is 76.7 Å². The summed E-state index contributed by atoms with van der Waals surface area (Å²) < 4.78 is 37.2. The Kier molecular flexibility index (Phi) is 2.59. The molecule has 0 aliphatic carbocycles. The first-order valence-electron chi connectivity index (χ1n) is 3.47. The van der Waals surface area contributed by atoms with Crippen molar-refractivity contribution >= 4 is 11.6 Å². The van der Waals surface area contributed by atoms with Crippen LogP contribution in [0.1, 0.15) is 22.3 Å². The quantitative estimate of drug-likeness (QED) is 0.702. The lowest BCUT2D eigenvalue weighted by molar-refractivity contribution is 0.0996. The average Bonchev–Trinajstić information content (AvgIpc) is 2.02. The van der Waals surface area contributed by atoms with E-state index in [-0.39, 0.29) is 0 Å². The van der Waals surface area contributed by atoms with Gasteiger partial charge in [-0.25, -0.2) is 13.8 Å².